The Morgan fingerprint density at radius 1 is 0.500 bits per heavy atom. The molecule has 0 bridgehead atoms. The molecule has 0 radical (unpaired) electrons. The Hall–Kier alpha value is -5.80. The van der Waals surface area contributed by atoms with E-state index in [9.17, 15) is 0 Å². The molecule has 0 spiro atoms. The molecule has 2 aromatic heterocycles. The summed E-state index contributed by atoms with van der Waals surface area (Å²) in [6, 6.07) is 48.3. The Morgan fingerprint density at radius 3 is 1.93 bits per heavy atom. The highest BCUT2D eigenvalue weighted by molar-refractivity contribution is 6.23. The summed E-state index contributed by atoms with van der Waals surface area (Å²) >= 11 is 0. The normalized spacial score (nSPS) is 13.6. The van der Waals surface area contributed by atoms with Gasteiger partial charge in [-0.15, -0.1) is 0 Å². The third-order valence-electron chi connectivity index (χ3n) is 10.2. The molecule has 2 heterocycles. The van der Waals surface area contributed by atoms with Crippen LogP contribution >= 0.6 is 0 Å². The van der Waals surface area contributed by atoms with Gasteiger partial charge in [0.1, 0.15) is 0 Å². The van der Waals surface area contributed by atoms with Gasteiger partial charge in [0.25, 0.3) is 0 Å². The largest absolute Gasteiger partial charge is 0.309 e. The van der Waals surface area contributed by atoms with Gasteiger partial charge in [-0.05, 0) is 69.4 Å². The monoisotopic (exact) mass is 587 g/mol. The predicted molar refractivity (Wildman–Crippen MR) is 192 cm³/mol. The van der Waals surface area contributed by atoms with Crippen molar-refractivity contribution < 1.29 is 0 Å². The number of benzene rings is 7. The van der Waals surface area contributed by atoms with E-state index in [4.69, 9.17) is 9.97 Å². The molecule has 0 saturated heterocycles. The second-order valence-corrected chi connectivity index (χ2v) is 13.0. The van der Waals surface area contributed by atoms with Crippen LogP contribution < -0.4 is 0 Å². The average molecular weight is 588 g/mol. The van der Waals surface area contributed by atoms with Gasteiger partial charge in [0, 0.05) is 38.2 Å². The van der Waals surface area contributed by atoms with Crippen LogP contribution in [0.5, 0.6) is 0 Å². The van der Waals surface area contributed by atoms with Gasteiger partial charge in [-0.25, -0.2) is 4.98 Å². The number of para-hydroxylation sites is 1. The Morgan fingerprint density at radius 2 is 1.15 bits per heavy atom. The lowest BCUT2D eigenvalue weighted by molar-refractivity contribution is 0.661. The van der Waals surface area contributed by atoms with E-state index in [1.165, 1.54) is 54.8 Å². The molecule has 1 aliphatic rings. The molecule has 7 aromatic carbocycles. The third kappa shape index (κ3) is 3.37. The first-order valence-corrected chi connectivity index (χ1v) is 15.9. The van der Waals surface area contributed by atoms with Gasteiger partial charge in [-0.3, -0.25) is 4.98 Å². The van der Waals surface area contributed by atoms with Crippen LogP contribution in [-0.2, 0) is 5.41 Å². The summed E-state index contributed by atoms with van der Waals surface area (Å²) in [5.41, 5.74) is 12.7. The van der Waals surface area contributed by atoms with Crippen LogP contribution in [-0.4, -0.2) is 14.5 Å². The van der Waals surface area contributed by atoms with E-state index in [0.717, 1.165) is 38.8 Å². The molecule has 0 aliphatic heterocycles. The van der Waals surface area contributed by atoms with Crippen molar-refractivity contribution in [2.75, 3.05) is 0 Å². The van der Waals surface area contributed by atoms with E-state index in [1.807, 2.05) is 6.20 Å². The lowest BCUT2D eigenvalue weighted by Crippen LogP contribution is -2.14. The van der Waals surface area contributed by atoms with E-state index in [1.54, 1.807) is 0 Å². The molecule has 0 saturated carbocycles. The number of hydrogen-bond acceptors (Lipinski definition) is 2. The lowest BCUT2D eigenvalue weighted by Gasteiger charge is -2.21. The van der Waals surface area contributed by atoms with E-state index in [-0.39, 0.29) is 5.41 Å². The van der Waals surface area contributed by atoms with Gasteiger partial charge in [0.05, 0.1) is 34.0 Å². The molecule has 9 aromatic rings. The summed E-state index contributed by atoms with van der Waals surface area (Å²) in [5.74, 6) is 0. The minimum atomic E-state index is -0.0725. The minimum absolute atomic E-state index is 0.0725. The Kier molecular flexibility index (Phi) is 5.06. The van der Waals surface area contributed by atoms with Crippen LogP contribution in [0, 0.1) is 0 Å². The van der Waals surface area contributed by atoms with Gasteiger partial charge in [-0.2, -0.15) is 0 Å². The first-order chi connectivity index (χ1) is 22.6. The number of hydrogen-bond donors (Lipinski definition) is 0. The smallest absolute Gasteiger partial charge is 0.0979 e. The van der Waals surface area contributed by atoms with E-state index < -0.39 is 0 Å². The van der Waals surface area contributed by atoms with Gasteiger partial charge >= 0.3 is 0 Å². The lowest BCUT2D eigenvalue weighted by atomic mass is 9.82. The Labute approximate surface area is 266 Å². The van der Waals surface area contributed by atoms with Crippen molar-refractivity contribution in [2.24, 2.45) is 0 Å². The SMILES string of the molecule is CC1(C)c2ccccc2-c2cc3c4cc(-c5cnc6c7ccccc7c7ccccc7c6n5)ccc4n(-c4ccccc4)c3cc21. The first-order valence-electron chi connectivity index (χ1n) is 15.9. The van der Waals surface area contributed by atoms with Crippen LogP contribution in [0.15, 0.2) is 140 Å². The fraction of sp³-hybridized carbons (Fsp3) is 0.0698. The standard InChI is InChI=1S/C43H29N3/c1-43(2)36-19-11-10-16-30(36)33-23-35-34-22-26(20-21-39(34)46(40(35)24-37(33)43)27-12-4-3-5-13-27)38-25-44-41-31-17-8-6-14-28(31)29-15-7-9-18-32(29)42(41)45-38/h3-25H,1-2H3. The zero-order valence-corrected chi connectivity index (χ0v) is 25.6. The maximum atomic E-state index is 5.31. The van der Waals surface area contributed by atoms with E-state index in [2.05, 4.69) is 152 Å². The summed E-state index contributed by atoms with van der Waals surface area (Å²) in [5, 5.41) is 7.14. The molecule has 216 valence electrons. The van der Waals surface area contributed by atoms with Crippen molar-refractivity contribution in [3.05, 3.63) is 151 Å². The van der Waals surface area contributed by atoms with Crippen molar-refractivity contribution >= 4 is 54.4 Å². The van der Waals surface area contributed by atoms with Gasteiger partial charge in [0.15, 0.2) is 0 Å². The Balaban J connectivity index is 1.26. The fourth-order valence-electron chi connectivity index (χ4n) is 7.99. The summed E-state index contributed by atoms with van der Waals surface area (Å²) in [6.07, 6.45) is 1.94. The van der Waals surface area contributed by atoms with Gasteiger partial charge in [0.2, 0.25) is 0 Å². The quantitative estimate of drug-likeness (QED) is 0.188. The molecule has 1 aliphatic carbocycles. The molecule has 0 atom stereocenters. The van der Waals surface area contributed by atoms with Crippen LogP contribution in [0.25, 0.3) is 82.5 Å². The summed E-state index contributed by atoms with van der Waals surface area (Å²) in [6.45, 7) is 4.70. The van der Waals surface area contributed by atoms with Crippen molar-refractivity contribution in [3.63, 3.8) is 0 Å². The number of fused-ring (bicyclic) bond motifs is 12. The van der Waals surface area contributed by atoms with Crippen LogP contribution in [0.2, 0.25) is 0 Å². The van der Waals surface area contributed by atoms with Crippen LogP contribution in [0.4, 0.5) is 0 Å². The molecule has 46 heavy (non-hydrogen) atoms. The van der Waals surface area contributed by atoms with Crippen LogP contribution in [0.3, 0.4) is 0 Å². The second-order valence-electron chi connectivity index (χ2n) is 13.0. The van der Waals surface area contributed by atoms with Crippen molar-refractivity contribution in [1.82, 2.24) is 14.5 Å². The number of aromatic nitrogens is 3. The first kappa shape index (κ1) is 25.5. The maximum Gasteiger partial charge on any atom is 0.0979 e. The van der Waals surface area contributed by atoms with Crippen molar-refractivity contribution in [3.8, 4) is 28.1 Å². The molecule has 0 unspecified atom stereocenters. The topological polar surface area (TPSA) is 30.7 Å². The van der Waals surface area contributed by atoms with E-state index in [0.29, 0.717) is 0 Å². The minimum Gasteiger partial charge on any atom is -0.309 e. The molecule has 0 N–H and O–H groups in total. The molecule has 0 amide bonds. The molecule has 10 rings (SSSR count). The van der Waals surface area contributed by atoms with E-state index >= 15 is 0 Å². The Bertz CT molecular complexity index is 2680. The maximum absolute atomic E-state index is 5.31. The third-order valence-corrected chi connectivity index (χ3v) is 10.2. The summed E-state index contributed by atoms with van der Waals surface area (Å²) in [7, 11) is 0. The number of nitrogens with zero attached hydrogens (tertiary/aromatic N) is 3. The van der Waals surface area contributed by atoms with Crippen molar-refractivity contribution in [1.29, 1.82) is 0 Å². The summed E-state index contributed by atoms with van der Waals surface area (Å²) < 4.78 is 2.42. The van der Waals surface area contributed by atoms with Gasteiger partial charge < -0.3 is 4.57 Å². The highest BCUT2D eigenvalue weighted by atomic mass is 15.0. The predicted octanol–water partition coefficient (Wildman–Crippen LogP) is 11.0. The second kappa shape index (κ2) is 9.12. The zero-order chi connectivity index (χ0) is 30.6. The highest BCUT2D eigenvalue weighted by Crippen LogP contribution is 2.51. The molecule has 3 heteroatoms. The average Bonchev–Trinajstić information content (AvgIpc) is 3.55. The fourth-order valence-corrected chi connectivity index (χ4v) is 7.99. The molecular weight excluding hydrogens is 558 g/mol. The zero-order valence-electron chi connectivity index (χ0n) is 25.6. The number of rotatable bonds is 2. The molecule has 0 fully saturated rings. The molecular formula is C43H29N3. The molecule has 3 nitrogen and oxygen atoms in total. The van der Waals surface area contributed by atoms with Crippen molar-refractivity contribution in [2.45, 2.75) is 19.3 Å². The highest BCUT2D eigenvalue weighted by Gasteiger charge is 2.36. The van der Waals surface area contributed by atoms with Crippen LogP contribution in [0.1, 0.15) is 25.0 Å². The van der Waals surface area contributed by atoms with Gasteiger partial charge in [-0.1, -0.05) is 111 Å². The summed E-state index contributed by atoms with van der Waals surface area (Å²) in [4.78, 5) is 10.4.